The first-order valence-corrected chi connectivity index (χ1v) is 6.80. The standard InChI is InChI=1S/C14H8ClNO2S/c15-10-4-1-3-9(7-10)8-11-14(17)18-13(16-11)12-5-2-6-19-12/h1-8H/b11-8-. The lowest BCUT2D eigenvalue weighted by Crippen LogP contribution is -2.03. The number of carbonyl (C=O) groups excluding carboxylic acids is 1. The second-order valence-corrected chi connectivity index (χ2v) is 5.25. The quantitative estimate of drug-likeness (QED) is 0.624. The zero-order chi connectivity index (χ0) is 13.2. The number of hydrogen-bond acceptors (Lipinski definition) is 4. The number of aliphatic imine (C=N–C) groups is 1. The van der Waals surface area contributed by atoms with Gasteiger partial charge in [-0.25, -0.2) is 9.79 Å². The monoisotopic (exact) mass is 289 g/mol. The van der Waals surface area contributed by atoms with Gasteiger partial charge in [-0.15, -0.1) is 11.3 Å². The zero-order valence-corrected chi connectivity index (χ0v) is 11.2. The third-order valence-corrected chi connectivity index (χ3v) is 3.60. The molecule has 1 aliphatic rings. The molecule has 19 heavy (non-hydrogen) atoms. The smallest absolute Gasteiger partial charge is 0.363 e. The maximum atomic E-state index is 11.7. The minimum absolute atomic E-state index is 0.283. The lowest BCUT2D eigenvalue weighted by molar-refractivity contribution is -0.129. The van der Waals surface area contributed by atoms with E-state index in [1.165, 1.54) is 11.3 Å². The van der Waals surface area contributed by atoms with Crippen LogP contribution in [0.3, 0.4) is 0 Å². The summed E-state index contributed by atoms with van der Waals surface area (Å²) in [5, 5.41) is 2.52. The molecule has 2 heterocycles. The Bertz CT molecular complexity index is 689. The van der Waals surface area contributed by atoms with E-state index in [0.717, 1.165) is 10.4 Å². The summed E-state index contributed by atoms with van der Waals surface area (Å²) in [5.74, 6) is -0.0864. The van der Waals surface area contributed by atoms with Crippen molar-refractivity contribution in [1.29, 1.82) is 0 Å². The van der Waals surface area contributed by atoms with Crippen LogP contribution >= 0.6 is 22.9 Å². The Morgan fingerprint density at radius 3 is 2.89 bits per heavy atom. The van der Waals surface area contributed by atoms with Gasteiger partial charge in [0.1, 0.15) is 0 Å². The molecule has 3 nitrogen and oxygen atoms in total. The number of hydrogen-bond donors (Lipinski definition) is 0. The minimum atomic E-state index is -0.441. The predicted octanol–water partition coefficient (Wildman–Crippen LogP) is 3.75. The van der Waals surface area contributed by atoms with Crippen LogP contribution in [0.25, 0.3) is 6.08 Å². The van der Waals surface area contributed by atoms with Gasteiger partial charge in [-0.1, -0.05) is 29.8 Å². The number of carbonyl (C=O) groups is 1. The third kappa shape index (κ3) is 2.59. The highest BCUT2D eigenvalue weighted by atomic mass is 35.5. The topological polar surface area (TPSA) is 38.7 Å². The summed E-state index contributed by atoms with van der Waals surface area (Å²) in [6.45, 7) is 0. The van der Waals surface area contributed by atoms with Crippen LogP contribution in [-0.2, 0) is 9.53 Å². The lowest BCUT2D eigenvalue weighted by atomic mass is 10.2. The van der Waals surface area contributed by atoms with E-state index in [0.29, 0.717) is 10.9 Å². The fourth-order valence-corrected chi connectivity index (χ4v) is 2.52. The molecule has 1 aliphatic heterocycles. The van der Waals surface area contributed by atoms with Gasteiger partial charge in [0.15, 0.2) is 5.70 Å². The summed E-state index contributed by atoms with van der Waals surface area (Å²) in [6.07, 6.45) is 1.66. The molecule has 94 valence electrons. The molecule has 3 rings (SSSR count). The molecule has 0 aliphatic carbocycles. The Labute approximate surface area is 118 Å². The van der Waals surface area contributed by atoms with E-state index in [9.17, 15) is 4.79 Å². The van der Waals surface area contributed by atoms with Crippen molar-refractivity contribution < 1.29 is 9.53 Å². The van der Waals surface area contributed by atoms with Crippen molar-refractivity contribution in [2.75, 3.05) is 0 Å². The van der Waals surface area contributed by atoms with Crippen LogP contribution < -0.4 is 0 Å². The summed E-state index contributed by atoms with van der Waals surface area (Å²) in [5.41, 5.74) is 1.10. The number of cyclic esters (lactones) is 1. The van der Waals surface area contributed by atoms with Crippen molar-refractivity contribution in [3.05, 3.63) is 62.9 Å². The van der Waals surface area contributed by atoms with Gasteiger partial charge in [0.05, 0.1) is 4.88 Å². The zero-order valence-electron chi connectivity index (χ0n) is 9.67. The molecule has 0 atom stereocenters. The van der Waals surface area contributed by atoms with Gasteiger partial charge in [-0.2, -0.15) is 0 Å². The Kier molecular flexibility index (Phi) is 3.19. The summed E-state index contributed by atoms with van der Waals surface area (Å²) < 4.78 is 5.14. The molecular formula is C14H8ClNO2S. The summed E-state index contributed by atoms with van der Waals surface area (Å²) >= 11 is 7.37. The van der Waals surface area contributed by atoms with Crippen molar-refractivity contribution in [2.45, 2.75) is 0 Å². The second kappa shape index (κ2) is 4.99. The van der Waals surface area contributed by atoms with Crippen LogP contribution in [-0.4, -0.2) is 11.9 Å². The van der Waals surface area contributed by atoms with Crippen molar-refractivity contribution in [2.24, 2.45) is 4.99 Å². The van der Waals surface area contributed by atoms with Crippen molar-refractivity contribution in [1.82, 2.24) is 0 Å². The van der Waals surface area contributed by atoms with Gasteiger partial charge in [0.25, 0.3) is 0 Å². The molecular weight excluding hydrogens is 282 g/mol. The highest BCUT2D eigenvalue weighted by Crippen LogP contribution is 2.22. The van der Waals surface area contributed by atoms with E-state index in [1.807, 2.05) is 29.6 Å². The van der Waals surface area contributed by atoms with Gasteiger partial charge < -0.3 is 4.74 Å². The molecule has 5 heteroatoms. The van der Waals surface area contributed by atoms with Gasteiger partial charge in [0, 0.05) is 5.02 Å². The number of nitrogens with zero attached hydrogens (tertiary/aromatic N) is 1. The largest absolute Gasteiger partial charge is 0.401 e. The van der Waals surface area contributed by atoms with Crippen LogP contribution in [0.5, 0.6) is 0 Å². The Balaban J connectivity index is 1.95. The molecule has 1 aromatic carbocycles. The highest BCUT2D eigenvalue weighted by Gasteiger charge is 2.24. The molecule has 0 amide bonds. The van der Waals surface area contributed by atoms with Gasteiger partial charge in [-0.05, 0) is 35.2 Å². The van der Waals surface area contributed by atoms with Crippen LogP contribution in [0.2, 0.25) is 5.02 Å². The molecule has 1 aromatic heterocycles. The molecule has 0 unspecified atom stereocenters. The van der Waals surface area contributed by atoms with E-state index in [4.69, 9.17) is 16.3 Å². The SMILES string of the molecule is O=C1OC(c2cccs2)=N/C1=C\c1cccc(Cl)c1. The van der Waals surface area contributed by atoms with Crippen molar-refractivity contribution >= 4 is 40.9 Å². The van der Waals surface area contributed by atoms with Gasteiger partial charge >= 0.3 is 5.97 Å². The third-order valence-electron chi connectivity index (χ3n) is 2.50. The molecule has 0 bridgehead atoms. The Morgan fingerprint density at radius 1 is 1.26 bits per heavy atom. The van der Waals surface area contributed by atoms with Crippen molar-refractivity contribution in [3.8, 4) is 0 Å². The van der Waals surface area contributed by atoms with E-state index < -0.39 is 5.97 Å². The minimum Gasteiger partial charge on any atom is -0.401 e. The van der Waals surface area contributed by atoms with Crippen LogP contribution in [0.4, 0.5) is 0 Å². The predicted molar refractivity (Wildman–Crippen MR) is 76.4 cm³/mol. The number of benzene rings is 1. The molecule has 0 fully saturated rings. The first-order valence-electron chi connectivity index (χ1n) is 5.54. The number of thiophene rings is 1. The lowest BCUT2D eigenvalue weighted by Gasteiger charge is -1.94. The van der Waals surface area contributed by atoms with E-state index >= 15 is 0 Å². The van der Waals surface area contributed by atoms with Crippen molar-refractivity contribution in [3.63, 3.8) is 0 Å². The van der Waals surface area contributed by atoms with Crippen LogP contribution in [0.1, 0.15) is 10.4 Å². The highest BCUT2D eigenvalue weighted by molar-refractivity contribution is 7.12. The number of halogens is 1. The number of rotatable bonds is 2. The Hall–Kier alpha value is -1.91. The maximum Gasteiger partial charge on any atom is 0.363 e. The molecule has 0 saturated heterocycles. The normalized spacial score (nSPS) is 16.6. The molecule has 0 N–H and O–H groups in total. The summed E-state index contributed by atoms with van der Waals surface area (Å²) in [6, 6.07) is 11.0. The average Bonchev–Trinajstić information content (AvgIpc) is 3.00. The fourth-order valence-electron chi connectivity index (χ4n) is 1.67. The second-order valence-electron chi connectivity index (χ2n) is 3.87. The fraction of sp³-hybridized carbons (Fsp3) is 0. The first kappa shape index (κ1) is 12.1. The van der Waals surface area contributed by atoms with Gasteiger partial charge in [0.2, 0.25) is 5.90 Å². The van der Waals surface area contributed by atoms with E-state index in [1.54, 1.807) is 18.2 Å². The molecule has 0 saturated carbocycles. The summed E-state index contributed by atoms with van der Waals surface area (Å²) in [4.78, 5) is 16.8. The maximum absolute atomic E-state index is 11.7. The van der Waals surface area contributed by atoms with Crippen LogP contribution in [0.15, 0.2) is 52.5 Å². The van der Waals surface area contributed by atoms with E-state index in [2.05, 4.69) is 4.99 Å². The van der Waals surface area contributed by atoms with E-state index in [-0.39, 0.29) is 5.70 Å². The molecule has 2 aromatic rings. The van der Waals surface area contributed by atoms with Gasteiger partial charge in [-0.3, -0.25) is 0 Å². The van der Waals surface area contributed by atoms with Crippen LogP contribution in [0, 0.1) is 0 Å². The first-order chi connectivity index (χ1) is 9.22. The molecule has 0 spiro atoms. The Morgan fingerprint density at radius 2 is 2.16 bits per heavy atom. The molecule has 0 radical (unpaired) electrons. The average molecular weight is 290 g/mol. The number of esters is 1. The summed E-state index contributed by atoms with van der Waals surface area (Å²) in [7, 11) is 0. The number of ether oxygens (including phenoxy) is 1.